The zero-order valence-electron chi connectivity index (χ0n) is 17.4. The molecule has 1 atom stereocenters. The molecule has 3 aromatic rings. The molecule has 0 spiro atoms. The number of hydrogen-bond acceptors (Lipinski definition) is 3. The van der Waals surface area contributed by atoms with Gasteiger partial charge in [-0.1, -0.05) is 50.6 Å². The van der Waals surface area contributed by atoms with Crippen LogP contribution in [0.1, 0.15) is 26.5 Å². The van der Waals surface area contributed by atoms with E-state index in [0.29, 0.717) is 22.2 Å². The third-order valence-electron chi connectivity index (χ3n) is 5.62. The molecule has 0 aliphatic carbocycles. The number of aromatic amines is 1. The lowest BCUT2D eigenvalue weighted by Gasteiger charge is -2.36. The first-order chi connectivity index (χ1) is 13.5. The van der Waals surface area contributed by atoms with E-state index < -0.39 is 19.4 Å². The summed E-state index contributed by atoms with van der Waals surface area (Å²) < 4.78 is 27.7. The monoisotopic (exact) mass is 450 g/mol. The largest absolute Gasteiger partial charge is 0.416 e. The van der Waals surface area contributed by atoms with Gasteiger partial charge in [-0.25, -0.2) is 9.19 Å². The molecule has 2 N–H and O–H groups in total. The Bertz CT molecular complexity index is 1060. The highest BCUT2D eigenvalue weighted by molar-refractivity contribution is 7.79. The normalized spacial score (nSPS) is 13.8. The maximum Gasteiger partial charge on any atom is 0.191 e. The lowest BCUT2D eigenvalue weighted by molar-refractivity contribution is 0.291. The molecule has 2 heterocycles. The average molecular weight is 451 g/mol. The van der Waals surface area contributed by atoms with E-state index in [1.807, 2.05) is 18.2 Å². The molecule has 0 bridgehead atoms. The minimum Gasteiger partial charge on any atom is -0.416 e. The van der Waals surface area contributed by atoms with Gasteiger partial charge in [-0.2, -0.15) is 0 Å². The Balaban J connectivity index is 1.94. The van der Waals surface area contributed by atoms with Crippen LogP contribution in [0.4, 0.5) is 0 Å². The molecule has 29 heavy (non-hydrogen) atoms. The fourth-order valence-corrected chi connectivity index (χ4v) is 4.76. The standard InChI is InChI=1S/C21H27ClN2O3SSi/c1-21(2,3)29(4,5)27-11-10-14-12-17-20(23-14)16(13-19(22)24-17)15-8-6-7-9-18(15)28(25)26/h6-9,12-13,23H,10-11H2,1-5H3,(H,25,26). The molecule has 3 rings (SSSR count). The van der Waals surface area contributed by atoms with Crippen LogP contribution in [0.2, 0.25) is 23.3 Å². The predicted molar refractivity (Wildman–Crippen MR) is 122 cm³/mol. The molecule has 156 valence electrons. The molecule has 0 radical (unpaired) electrons. The van der Waals surface area contributed by atoms with Gasteiger partial charge in [0.15, 0.2) is 19.4 Å². The molecule has 0 saturated carbocycles. The van der Waals surface area contributed by atoms with Gasteiger partial charge < -0.3 is 14.0 Å². The summed E-state index contributed by atoms with van der Waals surface area (Å²) in [6, 6.07) is 10.7. The number of H-pyrrole nitrogens is 1. The number of aromatic nitrogens is 2. The molecular formula is C21H27ClN2O3SSi. The molecule has 0 fully saturated rings. The number of rotatable bonds is 6. The Hall–Kier alpha value is -1.51. The first-order valence-electron chi connectivity index (χ1n) is 9.52. The van der Waals surface area contributed by atoms with Crippen molar-refractivity contribution in [3.8, 4) is 11.1 Å². The number of pyridine rings is 1. The van der Waals surface area contributed by atoms with Crippen LogP contribution < -0.4 is 0 Å². The number of benzene rings is 1. The first kappa shape index (κ1) is 22.2. The van der Waals surface area contributed by atoms with Crippen molar-refractivity contribution in [2.45, 2.75) is 50.2 Å². The third-order valence-corrected chi connectivity index (χ3v) is 11.1. The summed E-state index contributed by atoms with van der Waals surface area (Å²) in [5, 5.41) is 0.508. The average Bonchev–Trinajstić information content (AvgIpc) is 3.02. The molecule has 5 nitrogen and oxygen atoms in total. The summed E-state index contributed by atoms with van der Waals surface area (Å²) in [6.07, 6.45) is 0.730. The van der Waals surface area contributed by atoms with Gasteiger partial charge in [-0.15, -0.1) is 0 Å². The molecule has 1 unspecified atom stereocenters. The molecule has 0 aliphatic heterocycles. The maximum absolute atomic E-state index is 11.8. The fraction of sp³-hybridized carbons (Fsp3) is 0.381. The van der Waals surface area contributed by atoms with E-state index in [9.17, 15) is 8.76 Å². The second-order valence-corrected chi connectivity index (χ2v) is 14.8. The predicted octanol–water partition coefficient (Wildman–Crippen LogP) is 6.03. The van der Waals surface area contributed by atoms with Crippen molar-refractivity contribution in [2.24, 2.45) is 0 Å². The molecule has 8 heteroatoms. The quantitative estimate of drug-likeness (QED) is 0.273. The zero-order valence-corrected chi connectivity index (χ0v) is 19.9. The second-order valence-electron chi connectivity index (χ2n) is 8.65. The van der Waals surface area contributed by atoms with Crippen LogP contribution in [0, 0.1) is 0 Å². The zero-order chi connectivity index (χ0) is 21.4. The molecule has 2 aromatic heterocycles. The molecule has 0 aliphatic rings. The van der Waals surface area contributed by atoms with Crippen LogP contribution in [0.3, 0.4) is 0 Å². The molecular weight excluding hydrogens is 424 g/mol. The van der Waals surface area contributed by atoms with Crippen LogP contribution in [-0.4, -0.2) is 33.7 Å². The minimum atomic E-state index is -2.10. The van der Waals surface area contributed by atoms with E-state index in [0.717, 1.165) is 28.7 Å². The van der Waals surface area contributed by atoms with Crippen LogP contribution >= 0.6 is 11.6 Å². The summed E-state index contributed by atoms with van der Waals surface area (Å²) in [5.74, 6) is 0. The van der Waals surface area contributed by atoms with Crippen LogP contribution in [-0.2, 0) is 21.9 Å². The van der Waals surface area contributed by atoms with Gasteiger partial charge in [0.25, 0.3) is 0 Å². The topological polar surface area (TPSA) is 75.2 Å². The SMILES string of the molecule is CC(C)(C)[Si](C)(C)OCCc1cc2nc(Cl)cc(-c3ccccc3S(=O)O)c2[nH]1. The molecule has 0 amide bonds. The summed E-state index contributed by atoms with van der Waals surface area (Å²) in [6.45, 7) is 11.8. The highest BCUT2D eigenvalue weighted by Gasteiger charge is 2.36. The van der Waals surface area contributed by atoms with Gasteiger partial charge in [0, 0.05) is 29.8 Å². The minimum absolute atomic E-state index is 0.166. The number of fused-ring (bicyclic) bond motifs is 1. The first-order valence-corrected chi connectivity index (χ1v) is 13.9. The highest BCUT2D eigenvalue weighted by atomic mass is 35.5. The summed E-state index contributed by atoms with van der Waals surface area (Å²) >= 11 is 4.15. The van der Waals surface area contributed by atoms with Crippen molar-refractivity contribution in [3.05, 3.63) is 47.2 Å². The van der Waals surface area contributed by atoms with Crippen molar-refractivity contribution < 1.29 is 13.2 Å². The van der Waals surface area contributed by atoms with Gasteiger partial charge in [0.2, 0.25) is 0 Å². The number of halogens is 1. The van der Waals surface area contributed by atoms with Gasteiger partial charge in [-0.3, -0.25) is 0 Å². The summed E-state index contributed by atoms with van der Waals surface area (Å²) in [5.41, 5.74) is 3.95. The Morgan fingerprint density at radius 1 is 1.21 bits per heavy atom. The van der Waals surface area contributed by atoms with E-state index in [-0.39, 0.29) is 5.04 Å². The van der Waals surface area contributed by atoms with Crippen molar-refractivity contribution in [1.82, 2.24) is 9.97 Å². The van der Waals surface area contributed by atoms with Gasteiger partial charge in [0.05, 0.1) is 15.9 Å². The van der Waals surface area contributed by atoms with Crippen LogP contribution in [0.5, 0.6) is 0 Å². The van der Waals surface area contributed by atoms with E-state index >= 15 is 0 Å². The maximum atomic E-state index is 11.8. The van der Waals surface area contributed by atoms with Crippen LogP contribution in [0.15, 0.2) is 41.3 Å². The number of nitrogens with one attached hydrogen (secondary N) is 1. The Labute approximate surface area is 180 Å². The van der Waals surface area contributed by atoms with Gasteiger partial charge >= 0.3 is 0 Å². The molecule has 0 saturated heterocycles. The van der Waals surface area contributed by atoms with Crippen molar-refractivity contribution in [2.75, 3.05) is 6.61 Å². The van der Waals surface area contributed by atoms with E-state index in [1.165, 1.54) is 0 Å². The van der Waals surface area contributed by atoms with Crippen molar-refractivity contribution >= 4 is 42.0 Å². The Morgan fingerprint density at radius 2 is 1.90 bits per heavy atom. The smallest absolute Gasteiger partial charge is 0.191 e. The Morgan fingerprint density at radius 3 is 2.55 bits per heavy atom. The van der Waals surface area contributed by atoms with Crippen molar-refractivity contribution in [3.63, 3.8) is 0 Å². The van der Waals surface area contributed by atoms with Gasteiger partial charge in [0.1, 0.15) is 5.15 Å². The highest BCUT2D eigenvalue weighted by Crippen LogP contribution is 2.37. The van der Waals surface area contributed by atoms with Crippen molar-refractivity contribution in [1.29, 1.82) is 0 Å². The van der Waals surface area contributed by atoms with E-state index in [2.05, 4.69) is 43.8 Å². The summed E-state index contributed by atoms with van der Waals surface area (Å²) in [4.78, 5) is 8.17. The lowest BCUT2D eigenvalue weighted by atomic mass is 10.1. The van der Waals surface area contributed by atoms with Crippen LogP contribution in [0.25, 0.3) is 22.2 Å². The third kappa shape index (κ3) is 4.81. The Kier molecular flexibility index (Phi) is 6.36. The second kappa shape index (κ2) is 8.32. The van der Waals surface area contributed by atoms with E-state index in [4.69, 9.17) is 16.0 Å². The fourth-order valence-electron chi connectivity index (χ4n) is 2.95. The van der Waals surface area contributed by atoms with Gasteiger partial charge in [-0.05, 0) is 36.3 Å². The number of hydrogen-bond donors (Lipinski definition) is 2. The lowest BCUT2D eigenvalue weighted by Crippen LogP contribution is -2.41. The number of nitrogens with zero attached hydrogens (tertiary/aromatic N) is 1. The van der Waals surface area contributed by atoms with E-state index in [1.54, 1.807) is 18.2 Å². The molecule has 1 aromatic carbocycles. The summed E-state index contributed by atoms with van der Waals surface area (Å²) in [7, 11) is -1.80.